The summed E-state index contributed by atoms with van der Waals surface area (Å²) in [5.41, 5.74) is -0.514. The van der Waals surface area contributed by atoms with Crippen molar-refractivity contribution in [3.05, 3.63) is 52.3 Å². The summed E-state index contributed by atoms with van der Waals surface area (Å²) in [6.07, 6.45) is -3.01. The first-order valence-electron chi connectivity index (χ1n) is 8.33. The summed E-state index contributed by atoms with van der Waals surface area (Å²) < 4.78 is 41.6. The smallest absolute Gasteiger partial charge is 0.351 e. The van der Waals surface area contributed by atoms with E-state index in [1.54, 1.807) is 30.3 Å². The fourth-order valence-corrected chi connectivity index (χ4v) is 3.07. The average molecular weight is 441 g/mol. The monoisotopic (exact) mass is 440 g/mol. The molecule has 0 bridgehead atoms. The zero-order chi connectivity index (χ0) is 19.6. The van der Waals surface area contributed by atoms with Crippen LogP contribution in [0.3, 0.4) is 0 Å². The van der Waals surface area contributed by atoms with Crippen molar-refractivity contribution in [2.24, 2.45) is 0 Å². The molecule has 2 aromatic heterocycles. The zero-order valence-corrected chi connectivity index (χ0v) is 15.9. The van der Waals surface area contributed by atoms with Crippen LogP contribution in [0.25, 0.3) is 16.9 Å². The van der Waals surface area contributed by atoms with Gasteiger partial charge in [-0.05, 0) is 28.4 Å². The van der Waals surface area contributed by atoms with Crippen molar-refractivity contribution in [2.45, 2.75) is 25.9 Å². The number of amides is 1. The number of hydrogen-bond donors (Lipinski definition) is 1. The standard InChI is InChI=1S/C18H16BrF3N4O/c1-2-3-9-23-17(27)15-14(19)16-24-12(11-7-5-4-6-8-11)10-13(18(20,21)22)26(16)25-15/h4-8,10H,2-3,9H2,1H3,(H,23,27). The third-order valence-corrected chi connectivity index (χ3v) is 4.65. The molecule has 1 amide bonds. The van der Waals surface area contributed by atoms with Crippen LogP contribution in [0.4, 0.5) is 13.2 Å². The second kappa shape index (κ2) is 7.67. The molecule has 9 heteroatoms. The third kappa shape index (κ3) is 3.97. The van der Waals surface area contributed by atoms with E-state index in [4.69, 9.17) is 0 Å². The van der Waals surface area contributed by atoms with Gasteiger partial charge < -0.3 is 5.32 Å². The highest BCUT2D eigenvalue weighted by Crippen LogP contribution is 2.34. The molecule has 1 N–H and O–H groups in total. The van der Waals surface area contributed by atoms with Crippen LogP contribution in [0, 0.1) is 0 Å². The third-order valence-electron chi connectivity index (χ3n) is 3.92. The number of alkyl halides is 3. The van der Waals surface area contributed by atoms with Crippen LogP contribution >= 0.6 is 15.9 Å². The van der Waals surface area contributed by atoms with Gasteiger partial charge in [-0.15, -0.1) is 0 Å². The maximum Gasteiger partial charge on any atom is 0.433 e. The Morgan fingerprint density at radius 2 is 1.96 bits per heavy atom. The van der Waals surface area contributed by atoms with Crippen molar-refractivity contribution >= 4 is 27.5 Å². The van der Waals surface area contributed by atoms with E-state index in [0.717, 1.165) is 18.9 Å². The molecule has 1 aromatic carbocycles. The van der Waals surface area contributed by atoms with Gasteiger partial charge in [0.2, 0.25) is 0 Å². The summed E-state index contributed by atoms with van der Waals surface area (Å²) >= 11 is 3.20. The number of halogens is 4. The van der Waals surface area contributed by atoms with Crippen LogP contribution < -0.4 is 5.32 Å². The van der Waals surface area contributed by atoms with E-state index >= 15 is 0 Å². The molecule has 3 aromatic rings. The van der Waals surface area contributed by atoms with Gasteiger partial charge in [0, 0.05) is 12.1 Å². The van der Waals surface area contributed by atoms with E-state index in [2.05, 4.69) is 31.3 Å². The predicted molar refractivity (Wildman–Crippen MR) is 98.4 cm³/mol. The molecule has 0 atom stereocenters. The molecule has 142 valence electrons. The number of rotatable bonds is 5. The Balaban J connectivity index is 2.16. The molecule has 27 heavy (non-hydrogen) atoms. The lowest BCUT2D eigenvalue weighted by atomic mass is 10.1. The van der Waals surface area contributed by atoms with Crippen molar-refractivity contribution in [2.75, 3.05) is 6.54 Å². The normalized spacial score (nSPS) is 11.7. The molecule has 3 rings (SSSR count). The van der Waals surface area contributed by atoms with Crippen LogP contribution in [-0.4, -0.2) is 27.0 Å². The van der Waals surface area contributed by atoms with Crippen molar-refractivity contribution < 1.29 is 18.0 Å². The quantitative estimate of drug-likeness (QED) is 0.584. The molecular weight excluding hydrogens is 425 g/mol. The van der Waals surface area contributed by atoms with Gasteiger partial charge in [0.05, 0.1) is 10.2 Å². The molecule has 0 aliphatic heterocycles. The van der Waals surface area contributed by atoms with E-state index in [0.29, 0.717) is 16.6 Å². The number of fused-ring (bicyclic) bond motifs is 1. The summed E-state index contributed by atoms with van der Waals surface area (Å²) in [7, 11) is 0. The fraction of sp³-hybridized carbons (Fsp3) is 0.278. The van der Waals surface area contributed by atoms with Gasteiger partial charge >= 0.3 is 6.18 Å². The molecule has 0 aliphatic rings. The first-order chi connectivity index (χ1) is 12.8. The largest absolute Gasteiger partial charge is 0.433 e. The van der Waals surface area contributed by atoms with E-state index in [9.17, 15) is 18.0 Å². The summed E-state index contributed by atoms with van der Waals surface area (Å²) in [6, 6.07) is 9.46. The molecule has 0 aliphatic carbocycles. The molecule has 0 radical (unpaired) electrons. The molecule has 0 saturated carbocycles. The maximum atomic E-state index is 13.6. The Bertz CT molecular complexity index is 970. The van der Waals surface area contributed by atoms with Crippen LogP contribution in [0.15, 0.2) is 40.9 Å². The SMILES string of the molecule is CCCCNC(=O)c1nn2c(C(F)(F)F)cc(-c3ccccc3)nc2c1Br. The predicted octanol–water partition coefficient (Wildman–Crippen LogP) is 4.71. The van der Waals surface area contributed by atoms with Crippen molar-refractivity contribution in [3.63, 3.8) is 0 Å². The number of nitrogens with one attached hydrogen (secondary N) is 1. The topological polar surface area (TPSA) is 59.3 Å². The Morgan fingerprint density at radius 1 is 1.26 bits per heavy atom. The number of carbonyl (C=O) groups excluding carboxylic acids is 1. The Morgan fingerprint density at radius 3 is 2.59 bits per heavy atom. The number of carbonyl (C=O) groups is 1. The van der Waals surface area contributed by atoms with Crippen LogP contribution in [0.5, 0.6) is 0 Å². The van der Waals surface area contributed by atoms with E-state index in [-0.39, 0.29) is 21.5 Å². The fourth-order valence-electron chi connectivity index (χ4n) is 2.56. The molecule has 0 saturated heterocycles. The highest BCUT2D eigenvalue weighted by Gasteiger charge is 2.36. The number of nitrogens with zero attached hydrogens (tertiary/aromatic N) is 3. The second-order valence-electron chi connectivity index (χ2n) is 5.90. The van der Waals surface area contributed by atoms with Crippen LogP contribution in [-0.2, 0) is 6.18 Å². The first-order valence-corrected chi connectivity index (χ1v) is 9.12. The number of hydrogen-bond acceptors (Lipinski definition) is 3. The van der Waals surface area contributed by atoms with Crippen molar-refractivity contribution in [3.8, 4) is 11.3 Å². The van der Waals surface area contributed by atoms with Crippen LogP contribution in [0.1, 0.15) is 35.9 Å². The summed E-state index contributed by atoms with van der Waals surface area (Å²) in [5.74, 6) is -0.546. The molecule has 2 heterocycles. The molecule has 5 nitrogen and oxygen atoms in total. The van der Waals surface area contributed by atoms with Gasteiger partial charge in [-0.3, -0.25) is 4.79 Å². The van der Waals surface area contributed by atoms with Gasteiger partial charge in [-0.1, -0.05) is 43.7 Å². The Labute approximate surface area is 161 Å². The highest BCUT2D eigenvalue weighted by atomic mass is 79.9. The summed E-state index contributed by atoms with van der Waals surface area (Å²) in [5, 5.41) is 6.52. The number of unbranched alkanes of at least 4 members (excludes halogenated alkanes) is 1. The highest BCUT2D eigenvalue weighted by molar-refractivity contribution is 9.10. The molecule has 0 fully saturated rings. The van der Waals surface area contributed by atoms with Gasteiger partial charge in [0.25, 0.3) is 5.91 Å². The van der Waals surface area contributed by atoms with E-state index in [1.807, 2.05) is 6.92 Å². The summed E-state index contributed by atoms with van der Waals surface area (Å²) in [6.45, 7) is 2.39. The molecular formula is C18H16BrF3N4O. The van der Waals surface area contributed by atoms with E-state index < -0.39 is 17.8 Å². The maximum absolute atomic E-state index is 13.6. The lowest BCUT2D eigenvalue weighted by Crippen LogP contribution is -2.25. The minimum atomic E-state index is -4.66. The Kier molecular flexibility index (Phi) is 5.50. The van der Waals surface area contributed by atoms with Crippen molar-refractivity contribution in [1.82, 2.24) is 19.9 Å². The van der Waals surface area contributed by atoms with Gasteiger partial charge in [-0.2, -0.15) is 18.3 Å². The first kappa shape index (κ1) is 19.3. The number of benzene rings is 1. The van der Waals surface area contributed by atoms with Crippen molar-refractivity contribution in [1.29, 1.82) is 0 Å². The Hall–Kier alpha value is -2.42. The van der Waals surface area contributed by atoms with Crippen LogP contribution in [0.2, 0.25) is 0 Å². The number of aromatic nitrogens is 3. The minimum Gasteiger partial charge on any atom is -0.351 e. The minimum absolute atomic E-state index is 0.0654. The second-order valence-corrected chi connectivity index (χ2v) is 6.69. The molecule has 0 spiro atoms. The molecule has 0 unspecified atom stereocenters. The van der Waals surface area contributed by atoms with E-state index in [1.165, 1.54) is 0 Å². The van der Waals surface area contributed by atoms with Gasteiger partial charge in [0.15, 0.2) is 17.0 Å². The average Bonchev–Trinajstić information content (AvgIpc) is 2.98. The zero-order valence-electron chi connectivity index (χ0n) is 14.3. The lowest BCUT2D eigenvalue weighted by molar-refractivity contribution is -0.142. The van der Waals surface area contributed by atoms with Gasteiger partial charge in [0.1, 0.15) is 0 Å². The van der Waals surface area contributed by atoms with Gasteiger partial charge in [-0.25, -0.2) is 9.50 Å². The lowest BCUT2D eigenvalue weighted by Gasteiger charge is -2.11. The summed E-state index contributed by atoms with van der Waals surface area (Å²) in [4.78, 5) is 16.6.